The lowest BCUT2D eigenvalue weighted by Gasteiger charge is -2.01. The molecule has 0 radical (unpaired) electrons. The summed E-state index contributed by atoms with van der Waals surface area (Å²) in [5.74, 6) is 0. The van der Waals surface area contributed by atoms with E-state index in [1.165, 1.54) is 23.1 Å². The van der Waals surface area contributed by atoms with Gasteiger partial charge in [-0.15, -0.1) is 0 Å². The molecule has 0 aliphatic carbocycles. The summed E-state index contributed by atoms with van der Waals surface area (Å²) in [5, 5.41) is 0.541. The summed E-state index contributed by atoms with van der Waals surface area (Å²) < 4.78 is 6.62. The highest BCUT2D eigenvalue weighted by Crippen LogP contribution is 2.15. The molecule has 2 aromatic rings. The van der Waals surface area contributed by atoms with Crippen LogP contribution in [0.25, 0.3) is 10.2 Å². The van der Waals surface area contributed by atoms with Gasteiger partial charge in [-0.1, -0.05) is 13.8 Å². The predicted molar refractivity (Wildman–Crippen MR) is 66.2 cm³/mol. The van der Waals surface area contributed by atoms with E-state index < -0.39 is 0 Å². The van der Waals surface area contributed by atoms with Crippen LogP contribution in [0.3, 0.4) is 0 Å². The molecule has 88 valence electrons. The molecule has 0 unspecified atom stereocenters. The average molecular weight is 241 g/mol. The van der Waals surface area contributed by atoms with Gasteiger partial charge in [0.2, 0.25) is 0 Å². The summed E-state index contributed by atoms with van der Waals surface area (Å²) in [4.78, 5) is 23.9. The second kappa shape index (κ2) is 4.61. The van der Waals surface area contributed by atoms with Gasteiger partial charge in [0, 0.05) is 14.1 Å². The zero-order valence-electron chi connectivity index (χ0n) is 10.1. The van der Waals surface area contributed by atoms with Gasteiger partial charge in [-0.05, 0) is 18.5 Å². The number of rotatable bonds is 0. The summed E-state index contributed by atoms with van der Waals surface area (Å²) in [7, 11) is 3.11. The summed E-state index contributed by atoms with van der Waals surface area (Å²) >= 11 is 1.18. The van der Waals surface area contributed by atoms with Crippen LogP contribution in [0, 0.1) is 6.92 Å². The standard InChI is InChI=1S/C8H9N3O2S.C2H6/c1-4-5-6(12)10(2)8(13)11(3)7(5)14-9-4;1-2/h1-3H3;1-2H3. The van der Waals surface area contributed by atoms with Crippen LogP contribution in [-0.2, 0) is 14.1 Å². The normalized spacial score (nSPS) is 10.1. The first-order valence-electron chi connectivity index (χ1n) is 5.06. The van der Waals surface area contributed by atoms with Crippen LogP contribution in [-0.4, -0.2) is 13.5 Å². The smallest absolute Gasteiger partial charge is 0.286 e. The summed E-state index contributed by atoms with van der Waals surface area (Å²) in [6.07, 6.45) is 0. The molecule has 0 fully saturated rings. The van der Waals surface area contributed by atoms with Gasteiger partial charge in [-0.2, -0.15) is 4.37 Å². The Kier molecular flexibility index (Phi) is 3.64. The Morgan fingerprint density at radius 2 is 1.69 bits per heavy atom. The van der Waals surface area contributed by atoms with Gasteiger partial charge in [0.1, 0.15) is 4.83 Å². The van der Waals surface area contributed by atoms with Gasteiger partial charge in [-0.25, -0.2) is 4.79 Å². The zero-order valence-corrected chi connectivity index (χ0v) is 10.9. The second-order valence-corrected chi connectivity index (χ2v) is 3.91. The quantitative estimate of drug-likeness (QED) is 0.692. The molecule has 2 heterocycles. The van der Waals surface area contributed by atoms with Gasteiger partial charge < -0.3 is 0 Å². The van der Waals surface area contributed by atoms with E-state index in [9.17, 15) is 9.59 Å². The van der Waals surface area contributed by atoms with E-state index in [4.69, 9.17) is 0 Å². The Labute approximate surface area is 97.1 Å². The lowest BCUT2D eigenvalue weighted by molar-refractivity contribution is 0.716. The van der Waals surface area contributed by atoms with Gasteiger partial charge in [0.25, 0.3) is 5.56 Å². The van der Waals surface area contributed by atoms with Gasteiger partial charge in [0.05, 0.1) is 11.1 Å². The molecule has 0 aromatic carbocycles. The molecule has 0 atom stereocenters. The molecule has 0 aliphatic rings. The zero-order chi connectivity index (χ0) is 12.5. The molecule has 6 heteroatoms. The topological polar surface area (TPSA) is 56.9 Å². The lowest BCUT2D eigenvalue weighted by atomic mass is 10.3. The molecule has 0 saturated carbocycles. The number of hydrogen-bond acceptors (Lipinski definition) is 4. The average Bonchev–Trinajstić information content (AvgIpc) is 2.68. The van der Waals surface area contributed by atoms with Gasteiger partial charge in [-0.3, -0.25) is 13.9 Å². The van der Waals surface area contributed by atoms with Crippen molar-refractivity contribution >= 4 is 21.7 Å². The number of nitrogens with zero attached hydrogens (tertiary/aromatic N) is 3. The van der Waals surface area contributed by atoms with Crippen LogP contribution in [0.2, 0.25) is 0 Å². The fourth-order valence-electron chi connectivity index (χ4n) is 1.40. The molecule has 0 aliphatic heterocycles. The van der Waals surface area contributed by atoms with Crippen LogP contribution in [0.1, 0.15) is 19.5 Å². The minimum Gasteiger partial charge on any atom is -0.286 e. The van der Waals surface area contributed by atoms with E-state index >= 15 is 0 Å². The number of hydrogen-bond donors (Lipinski definition) is 0. The van der Waals surface area contributed by atoms with E-state index in [2.05, 4.69) is 4.37 Å². The first-order chi connectivity index (χ1) is 7.54. The molecule has 16 heavy (non-hydrogen) atoms. The maximum atomic E-state index is 11.7. The third kappa shape index (κ3) is 1.69. The molecule has 2 aromatic heterocycles. The largest absolute Gasteiger partial charge is 0.331 e. The Hall–Kier alpha value is -1.43. The molecule has 0 N–H and O–H groups in total. The van der Waals surface area contributed by atoms with Crippen molar-refractivity contribution in [3.63, 3.8) is 0 Å². The monoisotopic (exact) mass is 241 g/mol. The van der Waals surface area contributed by atoms with Crippen LogP contribution >= 0.6 is 11.5 Å². The minimum atomic E-state index is -0.314. The van der Waals surface area contributed by atoms with Crippen molar-refractivity contribution in [2.24, 2.45) is 14.1 Å². The van der Waals surface area contributed by atoms with E-state index in [1.54, 1.807) is 14.0 Å². The van der Waals surface area contributed by atoms with Crippen LogP contribution in [0.4, 0.5) is 0 Å². The second-order valence-electron chi connectivity index (χ2n) is 3.15. The molecule has 5 nitrogen and oxygen atoms in total. The molecule has 0 bridgehead atoms. The highest BCUT2D eigenvalue weighted by atomic mass is 32.1. The SMILES string of the molecule is CC.Cc1nsc2c1c(=O)n(C)c(=O)n2C. The van der Waals surface area contributed by atoms with Crippen molar-refractivity contribution < 1.29 is 0 Å². The summed E-state index contributed by atoms with van der Waals surface area (Å²) in [6, 6.07) is 0. The molecular formula is C10H15N3O2S. The Bertz CT molecular complexity index is 621. The van der Waals surface area contributed by atoms with Crippen molar-refractivity contribution in [3.8, 4) is 0 Å². The Balaban J connectivity index is 0.000000606. The number of fused-ring (bicyclic) bond motifs is 1. The predicted octanol–water partition coefficient (Wildman–Crippen LogP) is 1.03. The molecule has 0 saturated heterocycles. The highest BCUT2D eigenvalue weighted by molar-refractivity contribution is 7.13. The van der Waals surface area contributed by atoms with Crippen LogP contribution in [0.15, 0.2) is 9.59 Å². The van der Waals surface area contributed by atoms with E-state index in [-0.39, 0.29) is 11.2 Å². The van der Waals surface area contributed by atoms with Crippen molar-refractivity contribution in [1.29, 1.82) is 0 Å². The van der Waals surface area contributed by atoms with E-state index in [1.807, 2.05) is 13.8 Å². The van der Waals surface area contributed by atoms with Crippen molar-refractivity contribution in [3.05, 3.63) is 26.5 Å². The first kappa shape index (κ1) is 12.6. The van der Waals surface area contributed by atoms with Gasteiger partial charge in [0.15, 0.2) is 0 Å². The minimum absolute atomic E-state index is 0.269. The summed E-state index contributed by atoms with van der Waals surface area (Å²) in [5.41, 5.74) is 0.0988. The van der Waals surface area contributed by atoms with Crippen LogP contribution in [0.5, 0.6) is 0 Å². The van der Waals surface area contributed by atoms with Crippen molar-refractivity contribution in [1.82, 2.24) is 13.5 Å². The Morgan fingerprint density at radius 3 is 2.25 bits per heavy atom. The van der Waals surface area contributed by atoms with Crippen molar-refractivity contribution in [2.45, 2.75) is 20.8 Å². The van der Waals surface area contributed by atoms with Gasteiger partial charge >= 0.3 is 5.69 Å². The molecule has 0 amide bonds. The van der Waals surface area contributed by atoms with Crippen LogP contribution < -0.4 is 11.2 Å². The third-order valence-electron chi connectivity index (χ3n) is 2.24. The third-order valence-corrected chi connectivity index (χ3v) is 3.26. The van der Waals surface area contributed by atoms with E-state index in [0.29, 0.717) is 15.9 Å². The maximum absolute atomic E-state index is 11.7. The molecule has 0 spiro atoms. The first-order valence-corrected chi connectivity index (χ1v) is 5.83. The van der Waals surface area contributed by atoms with Crippen molar-refractivity contribution in [2.75, 3.05) is 0 Å². The Morgan fingerprint density at radius 1 is 1.12 bits per heavy atom. The van der Waals surface area contributed by atoms with E-state index in [0.717, 1.165) is 4.57 Å². The highest BCUT2D eigenvalue weighted by Gasteiger charge is 2.12. The maximum Gasteiger partial charge on any atom is 0.331 e. The fraction of sp³-hybridized carbons (Fsp3) is 0.500. The molecule has 2 rings (SSSR count). The summed E-state index contributed by atoms with van der Waals surface area (Å²) in [6.45, 7) is 5.77. The lowest BCUT2D eigenvalue weighted by Crippen LogP contribution is -2.36. The number of aromatic nitrogens is 3. The fourth-order valence-corrected chi connectivity index (χ4v) is 2.24. The molecular weight excluding hydrogens is 226 g/mol. The number of aryl methyl sites for hydroxylation is 2.